The second kappa shape index (κ2) is 7.39. The Morgan fingerprint density at radius 2 is 1.57 bits per heavy atom. The fourth-order valence-corrected chi connectivity index (χ4v) is 4.50. The minimum Gasteiger partial charge on any atom is -0.302 e. The average Bonchev–Trinajstić information content (AvgIpc) is 2.46. The highest BCUT2D eigenvalue weighted by atomic mass is 31.2. The molecule has 0 unspecified atom stereocenters. The minimum atomic E-state index is -3.45. The third kappa shape index (κ3) is 4.29. The van der Waals surface area contributed by atoms with Gasteiger partial charge in [-0.05, 0) is 52.3 Å². The highest BCUT2D eigenvalue weighted by Gasteiger charge is 2.33. The second-order valence-corrected chi connectivity index (χ2v) is 7.89. The summed E-state index contributed by atoms with van der Waals surface area (Å²) >= 11 is 0. The quantitative estimate of drug-likeness (QED) is 0.717. The molecule has 0 amide bonds. The van der Waals surface area contributed by atoms with Crippen LogP contribution >= 0.6 is 7.60 Å². The molecule has 2 rings (SSSR count). The number of aromatic nitrogens is 1. The molecule has 1 aromatic heterocycles. The van der Waals surface area contributed by atoms with Crippen molar-refractivity contribution in [3.8, 4) is 11.3 Å². The van der Waals surface area contributed by atoms with Gasteiger partial charge in [0.25, 0.3) is 0 Å². The first-order chi connectivity index (χ1) is 10.8. The van der Waals surface area contributed by atoms with E-state index in [1.165, 1.54) is 0 Å². The number of aryl methyl sites for hydroxylation is 1. The van der Waals surface area contributed by atoms with Crippen LogP contribution in [-0.4, -0.2) is 17.2 Å². The van der Waals surface area contributed by atoms with Gasteiger partial charge < -0.3 is 9.05 Å². The van der Waals surface area contributed by atoms with Crippen molar-refractivity contribution in [2.45, 2.75) is 46.8 Å². The van der Waals surface area contributed by atoms with Crippen molar-refractivity contribution in [2.75, 3.05) is 0 Å². The van der Waals surface area contributed by atoms with E-state index in [2.05, 4.69) is 4.98 Å². The molecule has 0 aliphatic carbocycles. The smallest absolute Gasteiger partial charge is 0.302 e. The molecular weight excluding hydrogens is 309 g/mol. The summed E-state index contributed by atoms with van der Waals surface area (Å²) in [6.07, 6.45) is 1.31. The van der Waals surface area contributed by atoms with Crippen LogP contribution in [0, 0.1) is 6.92 Å². The van der Waals surface area contributed by atoms with Crippen molar-refractivity contribution in [2.24, 2.45) is 0 Å². The summed E-state index contributed by atoms with van der Waals surface area (Å²) in [6, 6.07) is 11.3. The fourth-order valence-electron chi connectivity index (χ4n) is 2.37. The van der Waals surface area contributed by atoms with Crippen LogP contribution in [-0.2, 0) is 13.6 Å². The van der Waals surface area contributed by atoms with Crippen molar-refractivity contribution in [1.82, 2.24) is 4.98 Å². The van der Waals surface area contributed by atoms with E-state index in [0.717, 1.165) is 16.8 Å². The molecule has 2 aromatic rings. The van der Waals surface area contributed by atoms with E-state index < -0.39 is 7.60 Å². The zero-order valence-corrected chi connectivity index (χ0v) is 15.2. The fraction of sp³-hybridized carbons (Fsp3) is 0.389. The Morgan fingerprint density at radius 3 is 2.13 bits per heavy atom. The molecule has 0 N–H and O–H groups in total. The lowest BCUT2D eigenvalue weighted by atomic mass is 10.1. The van der Waals surface area contributed by atoms with Gasteiger partial charge in [-0.15, -0.1) is 0 Å². The maximum Gasteiger partial charge on any atom is 0.362 e. The predicted octanol–water partition coefficient (Wildman–Crippen LogP) is 4.73. The zero-order valence-electron chi connectivity index (χ0n) is 14.3. The predicted molar refractivity (Wildman–Crippen MR) is 94.1 cm³/mol. The Balaban J connectivity index is 2.61. The van der Waals surface area contributed by atoms with E-state index in [1.807, 2.05) is 65.0 Å². The zero-order chi connectivity index (χ0) is 17.0. The van der Waals surface area contributed by atoms with Crippen LogP contribution < -0.4 is 5.30 Å². The van der Waals surface area contributed by atoms with Gasteiger partial charge in [-0.1, -0.05) is 24.3 Å². The maximum absolute atomic E-state index is 13.5. The molecule has 0 atom stereocenters. The van der Waals surface area contributed by atoms with Crippen LogP contribution in [0.5, 0.6) is 0 Å². The van der Waals surface area contributed by atoms with Gasteiger partial charge in [0.2, 0.25) is 0 Å². The van der Waals surface area contributed by atoms with Gasteiger partial charge in [0.05, 0.1) is 23.2 Å². The summed E-state index contributed by atoms with van der Waals surface area (Å²) in [4.78, 5) is 4.45. The van der Waals surface area contributed by atoms with Gasteiger partial charge in [0.15, 0.2) is 0 Å². The molecule has 0 saturated carbocycles. The number of benzene rings is 1. The molecule has 23 heavy (non-hydrogen) atoms. The Labute approximate surface area is 138 Å². The second-order valence-electron chi connectivity index (χ2n) is 5.99. The lowest BCUT2D eigenvalue weighted by Crippen LogP contribution is -2.19. The molecule has 5 heteroatoms. The molecule has 0 fully saturated rings. The van der Waals surface area contributed by atoms with E-state index in [0.29, 0.717) is 5.30 Å². The van der Waals surface area contributed by atoms with Crippen LogP contribution in [0.3, 0.4) is 0 Å². The van der Waals surface area contributed by atoms with Crippen LogP contribution in [0.4, 0.5) is 0 Å². The van der Waals surface area contributed by atoms with Crippen LogP contribution in [0.25, 0.3) is 11.3 Å². The molecular formula is C18H24NO3P. The molecule has 0 radical (unpaired) electrons. The van der Waals surface area contributed by atoms with Gasteiger partial charge in [0, 0.05) is 11.8 Å². The Bertz CT molecular complexity index is 699. The Hall–Kier alpha value is -1.48. The normalized spacial score (nSPS) is 12.1. The molecule has 1 aromatic carbocycles. The number of nitrogens with zero attached hydrogens (tertiary/aromatic N) is 1. The monoisotopic (exact) mass is 333 g/mol. The highest BCUT2D eigenvalue weighted by molar-refractivity contribution is 7.62. The topological polar surface area (TPSA) is 48.4 Å². The third-order valence-electron chi connectivity index (χ3n) is 3.16. The first kappa shape index (κ1) is 17.9. The maximum atomic E-state index is 13.5. The minimum absolute atomic E-state index is 0.211. The van der Waals surface area contributed by atoms with Gasteiger partial charge in [-0.3, -0.25) is 9.55 Å². The molecule has 0 bridgehead atoms. The summed E-state index contributed by atoms with van der Waals surface area (Å²) in [7, 11) is -3.45. The number of rotatable bonds is 6. The Kier molecular flexibility index (Phi) is 5.74. The molecule has 0 aliphatic rings. The third-order valence-corrected chi connectivity index (χ3v) is 5.54. The molecule has 0 spiro atoms. The number of hydrogen-bond acceptors (Lipinski definition) is 4. The van der Waals surface area contributed by atoms with Gasteiger partial charge in [0.1, 0.15) is 0 Å². The van der Waals surface area contributed by atoms with Gasteiger partial charge in [-0.2, -0.15) is 0 Å². The highest BCUT2D eigenvalue weighted by Crippen LogP contribution is 2.51. The van der Waals surface area contributed by atoms with Crippen LogP contribution in [0.15, 0.2) is 42.6 Å². The SMILES string of the molecule is Cc1cccnc1-c1ccccc1P(=O)(OC(C)C)OC(C)C. The molecule has 0 aliphatic heterocycles. The average molecular weight is 333 g/mol. The molecule has 1 heterocycles. The Morgan fingerprint density at radius 1 is 0.957 bits per heavy atom. The van der Waals surface area contributed by atoms with E-state index in [1.54, 1.807) is 12.3 Å². The lowest BCUT2D eigenvalue weighted by Gasteiger charge is -2.25. The van der Waals surface area contributed by atoms with Crippen molar-refractivity contribution in [3.63, 3.8) is 0 Å². The first-order valence-corrected chi connectivity index (χ1v) is 9.36. The summed E-state index contributed by atoms with van der Waals surface area (Å²) in [5.41, 5.74) is 2.60. The largest absolute Gasteiger partial charge is 0.362 e. The van der Waals surface area contributed by atoms with Crippen LogP contribution in [0.2, 0.25) is 0 Å². The standard InChI is InChI=1S/C18H24NO3P/c1-13(2)21-23(20,22-14(3)4)17-11-7-6-10-16(17)18-15(5)9-8-12-19-18/h6-14H,1-5H3. The van der Waals surface area contributed by atoms with E-state index in [4.69, 9.17) is 9.05 Å². The molecule has 0 saturated heterocycles. The van der Waals surface area contributed by atoms with Crippen molar-refractivity contribution in [3.05, 3.63) is 48.2 Å². The van der Waals surface area contributed by atoms with Gasteiger partial charge in [-0.25, -0.2) is 0 Å². The lowest BCUT2D eigenvalue weighted by molar-refractivity contribution is 0.150. The van der Waals surface area contributed by atoms with E-state index in [9.17, 15) is 4.57 Å². The number of pyridine rings is 1. The van der Waals surface area contributed by atoms with Crippen LogP contribution in [0.1, 0.15) is 33.3 Å². The van der Waals surface area contributed by atoms with Crippen molar-refractivity contribution >= 4 is 12.9 Å². The summed E-state index contributed by atoms with van der Waals surface area (Å²) in [5, 5.41) is 0.559. The molecule has 4 nitrogen and oxygen atoms in total. The van der Waals surface area contributed by atoms with Crippen molar-refractivity contribution < 1.29 is 13.6 Å². The van der Waals surface area contributed by atoms with E-state index in [-0.39, 0.29) is 12.2 Å². The van der Waals surface area contributed by atoms with Gasteiger partial charge >= 0.3 is 7.60 Å². The van der Waals surface area contributed by atoms with Crippen molar-refractivity contribution in [1.29, 1.82) is 0 Å². The molecule has 124 valence electrons. The summed E-state index contributed by atoms with van der Waals surface area (Å²) in [6.45, 7) is 9.39. The summed E-state index contributed by atoms with van der Waals surface area (Å²) < 4.78 is 25.0. The first-order valence-electron chi connectivity index (χ1n) is 7.82. The summed E-state index contributed by atoms with van der Waals surface area (Å²) in [5.74, 6) is 0. The number of hydrogen-bond donors (Lipinski definition) is 0. The van der Waals surface area contributed by atoms with E-state index >= 15 is 0 Å².